The lowest BCUT2D eigenvalue weighted by atomic mass is 9.97. The molecule has 0 aromatic carbocycles. The summed E-state index contributed by atoms with van der Waals surface area (Å²) < 4.78 is 5.20. The van der Waals surface area contributed by atoms with Crippen LogP contribution < -0.4 is 0 Å². The molecule has 6 heteroatoms. The van der Waals surface area contributed by atoms with E-state index in [1.165, 1.54) is 18.0 Å². The predicted molar refractivity (Wildman–Crippen MR) is 75.4 cm³/mol. The third-order valence-corrected chi connectivity index (χ3v) is 3.65. The number of carbonyl (C=O) groups excluding carboxylic acids is 1. The average molecular weight is 284 g/mol. The number of hydrogen-bond donors (Lipinski definition) is 0. The Balaban J connectivity index is 1.82. The molecule has 1 aliphatic rings. The third kappa shape index (κ3) is 2.75. The highest BCUT2D eigenvalue weighted by Crippen LogP contribution is 2.23. The number of fused-ring (bicyclic) bond motifs is 1. The molecule has 0 aliphatic carbocycles. The predicted octanol–water partition coefficient (Wildman–Crippen LogP) is 1.22. The van der Waals surface area contributed by atoms with Gasteiger partial charge in [0.2, 0.25) is 0 Å². The van der Waals surface area contributed by atoms with Gasteiger partial charge >= 0.3 is 0 Å². The summed E-state index contributed by atoms with van der Waals surface area (Å²) in [7, 11) is 1.68. The summed E-state index contributed by atoms with van der Waals surface area (Å²) in [6.07, 6.45) is 7.52. The Morgan fingerprint density at radius 2 is 2.24 bits per heavy atom. The van der Waals surface area contributed by atoms with E-state index >= 15 is 0 Å². The second-order valence-corrected chi connectivity index (χ2v) is 4.98. The fraction of sp³-hybridized carbons (Fsp3) is 0.333. The van der Waals surface area contributed by atoms with Gasteiger partial charge in [-0.3, -0.25) is 9.78 Å². The van der Waals surface area contributed by atoms with Crippen LogP contribution in [0.25, 0.3) is 0 Å². The zero-order chi connectivity index (χ0) is 14.7. The first kappa shape index (κ1) is 13.6. The molecule has 6 nitrogen and oxygen atoms in total. The van der Waals surface area contributed by atoms with Crippen molar-refractivity contribution in [3.63, 3.8) is 0 Å². The van der Waals surface area contributed by atoms with Gasteiger partial charge in [-0.15, -0.1) is 0 Å². The van der Waals surface area contributed by atoms with Gasteiger partial charge in [-0.05, 0) is 29.2 Å². The number of ether oxygens (including phenoxy) is 1. The third-order valence-electron chi connectivity index (χ3n) is 3.65. The number of amides is 1. The van der Waals surface area contributed by atoms with E-state index in [9.17, 15) is 4.79 Å². The van der Waals surface area contributed by atoms with Gasteiger partial charge in [-0.2, -0.15) is 10.2 Å². The molecule has 1 amide bonds. The van der Waals surface area contributed by atoms with Gasteiger partial charge in [0, 0.05) is 32.6 Å². The number of hydrogen-bond acceptors (Lipinski definition) is 5. The molecule has 2 aromatic rings. The van der Waals surface area contributed by atoms with Crippen LogP contribution in [-0.4, -0.2) is 39.6 Å². The summed E-state index contributed by atoms with van der Waals surface area (Å²) in [5.74, 6) is -0.0207. The minimum Gasteiger partial charge on any atom is -0.380 e. The van der Waals surface area contributed by atoms with Crippen molar-refractivity contribution in [3.05, 3.63) is 53.1 Å². The molecule has 3 heterocycles. The summed E-state index contributed by atoms with van der Waals surface area (Å²) in [5, 5.41) is 7.45. The fourth-order valence-corrected chi connectivity index (χ4v) is 2.62. The minimum atomic E-state index is -0.0207. The Morgan fingerprint density at radius 3 is 3.00 bits per heavy atom. The van der Waals surface area contributed by atoms with Crippen LogP contribution >= 0.6 is 0 Å². The van der Waals surface area contributed by atoms with E-state index in [0.717, 1.165) is 17.5 Å². The van der Waals surface area contributed by atoms with Crippen LogP contribution in [0.4, 0.5) is 0 Å². The van der Waals surface area contributed by atoms with Crippen molar-refractivity contribution in [3.8, 4) is 0 Å². The molecular weight excluding hydrogens is 268 g/mol. The summed E-state index contributed by atoms with van der Waals surface area (Å²) >= 11 is 0. The number of carbonyl (C=O) groups is 1. The highest BCUT2D eigenvalue weighted by molar-refractivity contribution is 5.93. The van der Waals surface area contributed by atoms with Crippen LogP contribution in [-0.2, 0) is 24.3 Å². The zero-order valence-corrected chi connectivity index (χ0v) is 11.8. The first-order chi connectivity index (χ1) is 10.3. The van der Waals surface area contributed by atoms with Crippen LogP contribution in [0.2, 0.25) is 0 Å². The fourth-order valence-electron chi connectivity index (χ4n) is 2.62. The first-order valence-electron chi connectivity index (χ1n) is 6.79. The smallest absolute Gasteiger partial charge is 0.255 e. The van der Waals surface area contributed by atoms with Crippen molar-refractivity contribution in [2.24, 2.45) is 0 Å². The van der Waals surface area contributed by atoms with Gasteiger partial charge in [0.25, 0.3) is 5.91 Å². The van der Waals surface area contributed by atoms with E-state index in [1.54, 1.807) is 13.2 Å². The molecule has 0 saturated carbocycles. The maximum atomic E-state index is 12.4. The quantitative estimate of drug-likeness (QED) is 0.847. The molecule has 0 fully saturated rings. The number of methoxy groups -OCH3 is 1. The lowest BCUT2D eigenvalue weighted by molar-refractivity contribution is 0.0733. The second-order valence-electron chi connectivity index (χ2n) is 4.98. The van der Waals surface area contributed by atoms with Gasteiger partial charge in [-0.25, -0.2) is 0 Å². The van der Waals surface area contributed by atoms with Crippen molar-refractivity contribution >= 4 is 5.91 Å². The summed E-state index contributed by atoms with van der Waals surface area (Å²) in [5.41, 5.74) is 4.01. The molecule has 108 valence electrons. The molecule has 21 heavy (non-hydrogen) atoms. The molecule has 0 N–H and O–H groups in total. The number of nitrogens with zero attached hydrogens (tertiary/aromatic N) is 4. The molecule has 1 aliphatic heterocycles. The maximum absolute atomic E-state index is 12.4. The Morgan fingerprint density at radius 1 is 1.33 bits per heavy atom. The summed E-state index contributed by atoms with van der Waals surface area (Å²) in [6, 6.07) is 1.68. The zero-order valence-electron chi connectivity index (χ0n) is 11.8. The van der Waals surface area contributed by atoms with Gasteiger partial charge in [-0.1, -0.05) is 0 Å². The summed E-state index contributed by atoms with van der Waals surface area (Å²) in [4.78, 5) is 18.5. The van der Waals surface area contributed by atoms with Crippen molar-refractivity contribution in [1.29, 1.82) is 0 Å². The molecule has 3 rings (SSSR count). The van der Waals surface area contributed by atoms with E-state index in [0.29, 0.717) is 25.3 Å². The largest absolute Gasteiger partial charge is 0.380 e. The molecule has 0 radical (unpaired) electrons. The second kappa shape index (κ2) is 5.97. The molecule has 0 unspecified atom stereocenters. The Bertz CT molecular complexity index is 645. The first-order valence-corrected chi connectivity index (χ1v) is 6.79. The highest BCUT2D eigenvalue weighted by Gasteiger charge is 2.23. The molecule has 0 atom stereocenters. The van der Waals surface area contributed by atoms with Gasteiger partial charge in [0.15, 0.2) is 0 Å². The van der Waals surface area contributed by atoms with Crippen molar-refractivity contribution in [2.45, 2.75) is 19.6 Å². The molecule has 0 bridgehead atoms. The van der Waals surface area contributed by atoms with Gasteiger partial charge in [0.1, 0.15) is 0 Å². The van der Waals surface area contributed by atoms with Crippen LogP contribution in [0.15, 0.2) is 30.9 Å². The molecule has 0 spiro atoms. The highest BCUT2D eigenvalue weighted by atomic mass is 16.5. The molecule has 0 saturated heterocycles. The van der Waals surface area contributed by atoms with Crippen molar-refractivity contribution in [2.75, 3.05) is 13.7 Å². The van der Waals surface area contributed by atoms with E-state index in [-0.39, 0.29) is 5.91 Å². The van der Waals surface area contributed by atoms with Crippen LogP contribution in [0.1, 0.15) is 27.0 Å². The lowest BCUT2D eigenvalue weighted by Gasteiger charge is -2.29. The van der Waals surface area contributed by atoms with Crippen LogP contribution in [0.3, 0.4) is 0 Å². The maximum Gasteiger partial charge on any atom is 0.255 e. The van der Waals surface area contributed by atoms with Crippen molar-refractivity contribution < 1.29 is 9.53 Å². The standard InChI is InChI=1S/C15H16N4O2/c1-21-10-13-7-16-6-12-9-19(5-3-14(12)13)15(20)11-2-4-17-18-8-11/h2,4,6-8H,3,5,9-10H2,1H3. The Kier molecular flexibility index (Phi) is 3.87. The molecular formula is C15H16N4O2. The average Bonchev–Trinajstić information content (AvgIpc) is 2.55. The van der Waals surface area contributed by atoms with E-state index in [4.69, 9.17) is 4.74 Å². The number of aromatic nitrogens is 3. The SMILES string of the molecule is COCc1cncc2c1CCN(C(=O)c1ccnnc1)C2. The van der Waals surface area contributed by atoms with Gasteiger partial charge < -0.3 is 9.64 Å². The normalized spacial score (nSPS) is 13.9. The van der Waals surface area contributed by atoms with E-state index < -0.39 is 0 Å². The Labute approximate surface area is 122 Å². The van der Waals surface area contributed by atoms with Gasteiger partial charge in [0.05, 0.1) is 24.6 Å². The van der Waals surface area contributed by atoms with Crippen molar-refractivity contribution in [1.82, 2.24) is 20.1 Å². The molecule has 2 aromatic heterocycles. The Hall–Kier alpha value is -2.34. The monoisotopic (exact) mass is 284 g/mol. The van der Waals surface area contributed by atoms with E-state index in [2.05, 4.69) is 15.2 Å². The van der Waals surface area contributed by atoms with Crippen LogP contribution in [0, 0.1) is 0 Å². The lowest BCUT2D eigenvalue weighted by Crippen LogP contribution is -2.36. The minimum absolute atomic E-state index is 0.0207. The topological polar surface area (TPSA) is 68.2 Å². The number of pyridine rings is 1. The van der Waals surface area contributed by atoms with Crippen LogP contribution in [0.5, 0.6) is 0 Å². The summed E-state index contributed by atoms with van der Waals surface area (Å²) in [6.45, 7) is 1.81. The van der Waals surface area contributed by atoms with E-state index in [1.807, 2.05) is 17.3 Å². The number of rotatable bonds is 3.